The second kappa shape index (κ2) is 5.97. The molecule has 0 amide bonds. The summed E-state index contributed by atoms with van der Waals surface area (Å²) in [5, 5.41) is 21.2. The van der Waals surface area contributed by atoms with Gasteiger partial charge in [-0.15, -0.1) is 0 Å². The number of rotatable bonds is 2. The first-order chi connectivity index (χ1) is 13.9. The molecule has 2 N–H and O–H groups in total. The number of carboxylic acid groups (broad SMARTS) is 1. The van der Waals surface area contributed by atoms with E-state index in [1.165, 1.54) is 18.2 Å². The van der Waals surface area contributed by atoms with Gasteiger partial charge >= 0.3 is 5.97 Å². The van der Waals surface area contributed by atoms with Crippen molar-refractivity contribution in [2.45, 2.75) is 5.92 Å². The summed E-state index contributed by atoms with van der Waals surface area (Å²) in [5.74, 6) is -2.89. The van der Waals surface area contributed by atoms with Crippen molar-refractivity contribution < 1.29 is 24.6 Å². The molecule has 0 bridgehead atoms. The Labute approximate surface area is 164 Å². The van der Waals surface area contributed by atoms with Crippen LogP contribution in [0.1, 0.15) is 42.7 Å². The molecule has 1 aromatic heterocycles. The minimum absolute atomic E-state index is 0.0216. The van der Waals surface area contributed by atoms with E-state index >= 15 is 0 Å². The van der Waals surface area contributed by atoms with Gasteiger partial charge in [0.05, 0.1) is 11.3 Å². The Hall–Kier alpha value is -4.06. The molecule has 1 aliphatic rings. The van der Waals surface area contributed by atoms with E-state index in [2.05, 4.69) is 4.98 Å². The van der Waals surface area contributed by atoms with Crippen molar-refractivity contribution in [3.8, 4) is 5.75 Å². The number of nitrogens with zero attached hydrogens (tertiary/aromatic N) is 1. The lowest BCUT2D eigenvalue weighted by atomic mass is 9.98. The van der Waals surface area contributed by atoms with Gasteiger partial charge in [-0.2, -0.15) is 0 Å². The molecular weight excluding hydrogens is 370 g/mol. The monoisotopic (exact) mass is 383 g/mol. The molecule has 1 aliphatic carbocycles. The summed E-state index contributed by atoms with van der Waals surface area (Å²) in [6, 6.07) is 16.1. The highest BCUT2D eigenvalue weighted by Gasteiger charge is 2.40. The summed E-state index contributed by atoms with van der Waals surface area (Å²) in [7, 11) is 0. The van der Waals surface area contributed by atoms with Gasteiger partial charge in [-0.05, 0) is 47.2 Å². The molecule has 0 aliphatic heterocycles. The number of Topliss-reactive ketones (excluding diaryl/α,β-unsaturated/α-hetero) is 2. The van der Waals surface area contributed by atoms with Crippen LogP contribution in [0.4, 0.5) is 0 Å². The zero-order valence-corrected chi connectivity index (χ0v) is 14.9. The number of fused-ring (bicyclic) bond motifs is 3. The molecule has 140 valence electrons. The minimum atomic E-state index is -1.08. The molecule has 4 aromatic rings. The molecule has 0 spiro atoms. The van der Waals surface area contributed by atoms with Crippen molar-refractivity contribution >= 4 is 39.2 Å². The third kappa shape index (κ3) is 2.50. The Kier molecular flexibility index (Phi) is 3.51. The number of hydrogen-bond donors (Lipinski definition) is 2. The lowest BCUT2D eigenvalue weighted by Crippen LogP contribution is -2.14. The fraction of sp³-hybridized carbons (Fsp3) is 0.0435. The van der Waals surface area contributed by atoms with E-state index < -0.39 is 11.9 Å². The van der Waals surface area contributed by atoms with Crippen LogP contribution in [0.5, 0.6) is 5.75 Å². The minimum Gasteiger partial charge on any atom is -0.506 e. The van der Waals surface area contributed by atoms with Crippen LogP contribution in [-0.2, 0) is 0 Å². The molecule has 1 unspecified atom stereocenters. The van der Waals surface area contributed by atoms with Crippen molar-refractivity contribution in [2.24, 2.45) is 0 Å². The lowest BCUT2D eigenvalue weighted by molar-refractivity contribution is 0.0696. The average molecular weight is 383 g/mol. The molecule has 0 saturated heterocycles. The van der Waals surface area contributed by atoms with Crippen LogP contribution in [0.3, 0.4) is 0 Å². The first kappa shape index (κ1) is 17.1. The topological polar surface area (TPSA) is 105 Å². The molecule has 6 heteroatoms. The number of carbonyl (C=O) groups is 3. The van der Waals surface area contributed by atoms with E-state index in [-0.39, 0.29) is 34.1 Å². The number of phenols is 1. The molecule has 29 heavy (non-hydrogen) atoms. The van der Waals surface area contributed by atoms with Crippen LogP contribution >= 0.6 is 0 Å². The maximum Gasteiger partial charge on any atom is 0.335 e. The van der Waals surface area contributed by atoms with Crippen LogP contribution in [0.15, 0.2) is 60.7 Å². The van der Waals surface area contributed by atoms with Gasteiger partial charge in [-0.1, -0.05) is 24.3 Å². The number of aromatic carboxylic acids is 1. The highest BCUT2D eigenvalue weighted by molar-refractivity contribution is 6.30. The largest absolute Gasteiger partial charge is 0.506 e. The number of ketones is 2. The van der Waals surface area contributed by atoms with Gasteiger partial charge in [0, 0.05) is 16.5 Å². The molecule has 5 rings (SSSR count). The smallest absolute Gasteiger partial charge is 0.335 e. The van der Waals surface area contributed by atoms with Gasteiger partial charge in [0.15, 0.2) is 11.6 Å². The van der Waals surface area contributed by atoms with Gasteiger partial charge in [0.2, 0.25) is 0 Å². The van der Waals surface area contributed by atoms with E-state index in [0.29, 0.717) is 27.2 Å². The Morgan fingerprint density at radius 3 is 2.24 bits per heavy atom. The zero-order valence-electron chi connectivity index (χ0n) is 14.9. The summed E-state index contributed by atoms with van der Waals surface area (Å²) in [5.41, 5.74) is 1.28. The van der Waals surface area contributed by atoms with E-state index in [1.54, 1.807) is 42.5 Å². The number of aromatic nitrogens is 1. The SMILES string of the molecule is O=C(O)c1ccc2cc3c(cc2c1)C(=O)C(c1ccc2cccc(O)c2n1)C3=O. The van der Waals surface area contributed by atoms with E-state index in [9.17, 15) is 24.6 Å². The number of aromatic hydroxyl groups is 1. The van der Waals surface area contributed by atoms with Gasteiger partial charge in [-0.3, -0.25) is 9.59 Å². The van der Waals surface area contributed by atoms with Gasteiger partial charge in [-0.25, -0.2) is 9.78 Å². The standard InChI is InChI=1S/C23H13NO5/c25-18-3-1-2-11-6-7-17(24-20(11)18)19-21(26)15-9-12-4-5-13(23(28)29)8-14(12)10-16(15)22(19)27/h1-10,19,25H,(H,28,29). The number of phenolic OH excluding ortho intramolecular Hbond substituents is 1. The number of benzene rings is 3. The first-order valence-corrected chi connectivity index (χ1v) is 8.92. The quantitative estimate of drug-likeness (QED) is 0.508. The van der Waals surface area contributed by atoms with Crippen molar-refractivity contribution in [2.75, 3.05) is 0 Å². The highest BCUT2D eigenvalue weighted by atomic mass is 16.4. The molecule has 1 heterocycles. The molecule has 0 fully saturated rings. The summed E-state index contributed by atoms with van der Waals surface area (Å²) < 4.78 is 0. The van der Waals surface area contributed by atoms with Crippen molar-refractivity contribution in [3.05, 3.63) is 83.0 Å². The molecule has 3 aromatic carbocycles. The van der Waals surface area contributed by atoms with Gasteiger partial charge in [0.25, 0.3) is 0 Å². The predicted molar refractivity (Wildman–Crippen MR) is 106 cm³/mol. The lowest BCUT2D eigenvalue weighted by Gasteiger charge is -2.08. The number of hydrogen-bond acceptors (Lipinski definition) is 5. The van der Waals surface area contributed by atoms with Crippen LogP contribution in [0, 0.1) is 0 Å². The Bertz CT molecular complexity index is 1390. The number of pyridine rings is 1. The third-order valence-electron chi connectivity index (χ3n) is 5.30. The Morgan fingerprint density at radius 2 is 1.52 bits per heavy atom. The van der Waals surface area contributed by atoms with Crippen LogP contribution in [0.2, 0.25) is 0 Å². The number of para-hydroxylation sites is 1. The maximum atomic E-state index is 13.1. The fourth-order valence-electron chi connectivity index (χ4n) is 3.84. The zero-order chi connectivity index (χ0) is 20.3. The maximum absolute atomic E-state index is 13.1. The van der Waals surface area contributed by atoms with Crippen molar-refractivity contribution in [3.63, 3.8) is 0 Å². The first-order valence-electron chi connectivity index (χ1n) is 8.92. The highest BCUT2D eigenvalue weighted by Crippen LogP contribution is 2.37. The van der Waals surface area contributed by atoms with Crippen molar-refractivity contribution in [1.82, 2.24) is 4.98 Å². The second-order valence-electron chi connectivity index (χ2n) is 7.01. The molecular formula is C23H13NO5. The van der Waals surface area contributed by atoms with Crippen LogP contribution < -0.4 is 0 Å². The van der Waals surface area contributed by atoms with E-state index in [0.717, 1.165) is 0 Å². The van der Waals surface area contributed by atoms with E-state index in [1.807, 2.05) is 0 Å². The summed E-state index contributed by atoms with van der Waals surface area (Å²) >= 11 is 0. The normalized spacial score (nSPS) is 15.8. The number of carbonyl (C=O) groups excluding carboxylic acids is 2. The summed E-state index contributed by atoms with van der Waals surface area (Å²) in [4.78, 5) is 41.7. The Balaban J connectivity index is 1.65. The summed E-state index contributed by atoms with van der Waals surface area (Å²) in [6.07, 6.45) is 0. The summed E-state index contributed by atoms with van der Waals surface area (Å²) in [6.45, 7) is 0. The van der Waals surface area contributed by atoms with Crippen LogP contribution in [0.25, 0.3) is 21.7 Å². The number of carboxylic acids is 1. The second-order valence-corrected chi connectivity index (χ2v) is 7.01. The fourth-order valence-corrected chi connectivity index (χ4v) is 3.84. The predicted octanol–water partition coefficient (Wildman–Crippen LogP) is 3.95. The Morgan fingerprint density at radius 1 is 0.828 bits per heavy atom. The molecule has 6 nitrogen and oxygen atoms in total. The van der Waals surface area contributed by atoms with Crippen molar-refractivity contribution in [1.29, 1.82) is 0 Å². The van der Waals surface area contributed by atoms with Crippen LogP contribution in [-0.4, -0.2) is 32.7 Å². The third-order valence-corrected chi connectivity index (χ3v) is 5.30. The van der Waals surface area contributed by atoms with Gasteiger partial charge < -0.3 is 10.2 Å². The molecule has 0 radical (unpaired) electrons. The molecule has 0 saturated carbocycles. The average Bonchev–Trinajstić information content (AvgIpc) is 2.96. The van der Waals surface area contributed by atoms with Gasteiger partial charge in [0.1, 0.15) is 17.2 Å². The van der Waals surface area contributed by atoms with E-state index in [4.69, 9.17) is 0 Å². The molecule has 1 atom stereocenters.